The predicted molar refractivity (Wildman–Crippen MR) is 82.1 cm³/mol. The molecule has 0 atom stereocenters. The first-order valence-electron chi connectivity index (χ1n) is 6.79. The van der Waals surface area contributed by atoms with Crippen LogP contribution in [-0.2, 0) is 11.3 Å². The summed E-state index contributed by atoms with van der Waals surface area (Å²) in [5, 5.41) is 3.94. The molecule has 1 aromatic carbocycles. The number of benzene rings is 1. The van der Waals surface area contributed by atoms with E-state index >= 15 is 0 Å². The Morgan fingerprint density at radius 2 is 1.86 bits per heavy atom. The molecule has 0 spiro atoms. The van der Waals surface area contributed by atoms with Gasteiger partial charge in [-0.05, 0) is 56.5 Å². The molecular formula is C16H20N2O3. The van der Waals surface area contributed by atoms with E-state index < -0.39 is 17.1 Å². The molecule has 2 aromatic rings. The highest BCUT2D eigenvalue weighted by atomic mass is 16.4. The molecule has 3 N–H and O–H groups in total. The number of aryl methyl sites for hydroxylation is 2. The van der Waals surface area contributed by atoms with Crippen molar-refractivity contribution in [2.24, 2.45) is 5.73 Å². The maximum Gasteiger partial charge on any atom is 0.336 e. The molecule has 0 fully saturated rings. The number of fused-ring (bicyclic) bond motifs is 1. The fourth-order valence-corrected chi connectivity index (χ4v) is 2.03. The Morgan fingerprint density at radius 3 is 2.48 bits per heavy atom. The highest BCUT2D eigenvalue weighted by Gasteiger charge is 2.24. The van der Waals surface area contributed by atoms with Gasteiger partial charge in [0.15, 0.2) is 0 Å². The van der Waals surface area contributed by atoms with Crippen LogP contribution in [0.3, 0.4) is 0 Å². The second kappa shape index (κ2) is 5.33. The van der Waals surface area contributed by atoms with E-state index in [0.717, 1.165) is 22.1 Å². The maximum atomic E-state index is 11.7. The molecule has 0 aliphatic heterocycles. The lowest BCUT2D eigenvalue weighted by Gasteiger charge is -2.22. The van der Waals surface area contributed by atoms with Crippen LogP contribution >= 0.6 is 0 Å². The molecule has 1 aromatic heterocycles. The van der Waals surface area contributed by atoms with Crippen LogP contribution in [0.5, 0.6) is 0 Å². The Hall–Kier alpha value is -2.14. The van der Waals surface area contributed by atoms with Crippen molar-refractivity contribution in [3.8, 4) is 0 Å². The second-order valence-electron chi connectivity index (χ2n) is 5.87. The zero-order valence-corrected chi connectivity index (χ0v) is 12.7. The largest absolute Gasteiger partial charge is 0.423 e. The minimum absolute atomic E-state index is 0.362. The molecule has 2 rings (SSSR count). The number of hydrogen-bond donors (Lipinski definition) is 2. The van der Waals surface area contributed by atoms with Gasteiger partial charge in [-0.1, -0.05) is 0 Å². The minimum Gasteiger partial charge on any atom is -0.423 e. The predicted octanol–water partition coefficient (Wildman–Crippen LogP) is 1.76. The van der Waals surface area contributed by atoms with Gasteiger partial charge < -0.3 is 10.2 Å². The molecule has 1 heterocycles. The summed E-state index contributed by atoms with van der Waals surface area (Å²) < 4.78 is 5.24. The van der Waals surface area contributed by atoms with Gasteiger partial charge in [-0.25, -0.2) is 4.79 Å². The third-order valence-corrected chi connectivity index (χ3v) is 3.78. The summed E-state index contributed by atoms with van der Waals surface area (Å²) in [4.78, 5) is 23.0. The average molecular weight is 288 g/mol. The van der Waals surface area contributed by atoms with Crippen LogP contribution in [0.4, 0.5) is 0 Å². The number of hydrogen-bond acceptors (Lipinski definition) is 4. The highest BCUT2D eigenvalue weighted by Crippen LogP contribution is 2.22. The molecule has 21 heavy (non-hydrogen) atoms. The van der Waals surface area contributed by atoms with Gasteiger partial charge in [0.2, 0.25) is 5.91 Å². The first-order valence-corrected chi connectivity index (χ1v) is 6.79. The number of nitrogens with two attached hydrogens (primary N) is 1. The van der Waals surface area contributed by atoms with Gasteiger partial charge in [0, 0.05) is 18.0 Å². The monoisotopic (exact) mass is 288 g/mol. The van der Waals surface area contributed by atoms with E-state index in [1.54, 1.807) is 13.8 Å². The summed E-state index contributed by atoms with van der Waals surface area (Å²) in [6.45, 7) is 7.75. The van der Waals surface area contributed by atoms with Crippen molar-refractivity contribution >= 4 is 16.9 Å². The Balaban J connectivity index is 2.46. The van der Waals surface area contributed by atoms with E-state index in [1.165, 1.54) is 6.07 Å². The Bertz CT molecular complexity index is 760. The molecule has 0 saturated carbocycles. The first-order chi connectivity index (χ1) is 9.70. The summed E-state index contributed by atoms with van der Waals surface area (Å²) in [7, 11) is 0. The molecule has 112 valence electrons. The summed E-state index contributed by atoms with van der Waals surface area (Å²) in [5.74, 6) is -0.443. The van der Waals surface area contributed by atoms with E-state index in [0.29, 0.717) is 12.1 Å². The number of primary amides is 1. The lowest BCUT2D eigenvalue weighted by molar-refractivity contribution is -0.123. The smallest absolute Gasteiger partial charge is 0.336 e. The highest BCUT2D eigenvalue weighted by molar-refractivity contribution is 5.84. The number of carbonyl (C=O) groups is 1. The standard InChI is InChI=1S/C16H20N2O3/c1-9-5-12-11(8-18-16(3,4)15(17)20)7-14(19)21-13(12)6-10(9)2/h5-7,18H,8H2,1-4H3,(H2,17,20). The molecule has 0 unspecified atom stereocenters. The van der Waals surface area contributed by atoms with E-state index in [9.17, 15) is 9.59 Å². The van der Waals surface area contributed by atoms with Gasteiger partial charge in [-0.15, -0.1) is 0 Å². The fourth-order valence-electron chi connectivity index (χ4n) is 2.03. The summed E-state index contributed by atoms with van der Waals surface area (Å²) in [5.41, 5.74) is 7.62. The molecule has 0 saturated heterocycles. The first kappa shape index (κ1) is 15.3. The third-order valence-electron chi connectivity index (χ3n) is 3.78. The van der Waals surface area contributed by atoms with Gasteiger partial charge in [-0.2, -0.15) is 0 Å². The topological polar surface area (TPSA) is 85.3 Å². The summed E-state index contributed by atoms with van der Waals surface area (Å²) in [6.07, 6.45) is 0. The lowest BCUT2D eigenvalue weighted by atomic mass is 10.0. The summed E-state index contributed by atoms with van der Waals surface area (Å²) in [6, 6.07) is 5.29. The molecule has 5 heteroatoms. The average Bonchev–Trinajstić information content (AvgIpc) is 2.38. The van der Waals surface area contributed by atoms with Crippen molar-refractivity contribution in [2.45, 2.75) is 39.8 Å². The maximum absolute atomic E-state index is 11.7. The van der Waals surface area contributed by atoms with Crippen molar-refractivity contribution in [1.29, 1.82) is 0 Å². The quantitative estimate of drug-likeness (QED) is 0.839. The van der Waals surface area contributed by atoms with E-state index in [2.05, 4.69) is 5.32 Å². The zero-order chi connectivity index (χ0) is 15.8. The Labute approximate surface area is 123 Å². The Morgan fingerprint density at radius 1 is 1.24 bits per heavy atom. The van der Waals surface area contributed by atoms with E-state index in [4.69, 9.17) is 10.2 Å². The van der Waals surface area contributed by atoms with Crippen molar-refractivity contribution in [3.05, 3.63) is 45.3 Å². The number of carbonyl (C=O) groups excluding carboxylic acids is 1. The van der Waals surface area contributed by atoms with Crippen LogP contribution in [0.25, 0.3) is 11.0 Å². The zero-order valence-electron chi connectivity index (χ0n) is 12.7. The summed E-state index contributed by atoms with van der Waals surface area (Å²) >= 11 is 0. The van der Waals surface area contributed by atoms with Crippen molar-refractivity contribution < 1.29 is 9.21 Å². The Kier molecular flexibility index (Phi) is 3.87. The van der Waals surface area contributed by atoms with Crippen molar-refractivity contribution in [3.63, 3.8) is 0 Å². The number of rotatable bonds is 4. The van der Waals surface area contributed by atoms with E-state index in [1.807, 2.05) is 26.0 Å². The molecule has 0 radical (unpaired) electrons. The van der Waals surface area contributed by atoms with Gasteiger partial charge in [0.1, 0.15) is 5.58 Å². The van der Waals surface area contributed by atoms with Crippen LogP contribution in [0.15, 0.2) is 27.4 Å². The molecular weight excluding hydrogens is 268 g/mol. The fraction of sp³-hybridized carbons (Fsp3) is 0.375. The normalized spacial score (nSPS) is 11.8. The third kappa shape index (κ3) is 3.13. The SMILES string of the molecule is Cc1cc2oc(=O)cc(CNC(C)(C)C(N)=O)c2cc1C. The van der Waals surface area contributed by atoms with Gasteiger partial charge in [0.25, 0.3) is 0 Å². The van der Waals surface area contributed by atoms with Crippen LogP contribution in [0, 0.1) is 13.8 Å². The molecule has 5 nitrogen and oxygen atoms in total. The molecule has 0 aliphatic carbocycles. The molecule has 0 aliphatic rings. The number of nitrogens with one attached hydrogen (secondary N) is 1. The lowest BCUT2D eigenvalue weighted by Crippen LogP contribution is -2.50. The molecule has 0 bridgehead atoms. The number of amides is 1. The van der Waals surface area contributed by atoms with Crippen molar-refractivity contribution in [1.82, 2.24) is 5.32 Å². The van der Waals surface area contributed by atoms with Gasteiger partial charge in [-0.3, -0.25) is 10.1 Å². The van der Waals surface area contributed by atoms with Gasteiger partial charge in [0.05, 0.1) is 5.54 Å². The molecule has 1 amide bonds. The van der Waals surface area contributed by atoms with E-state index in [-0.39, 0.29) is 0 Å². The minimum atomic E-state index is -0.845. The van der Waals surface area contributed by atoms with Crippen LogP contribution < -0.4 is 16.7 Å². The van der Waals surface area contributed by atoms with Crippen molar-refractivity contribution in [2.75, 3.05) is 0 Å². The van der Waals surface area contributed by atoms with Crippen LogP contribution in [0.1, 0.15) is 30.5 Å². The van der Waals surface area contributed by atoms with Crippen LogP contribution in [0.2, 0.25) is 0 Å². The van der Waals surface area contributed by atoms with Gasteiger partial charge >= 0.3 is 5.63 Å². The van der Waals surface area contributed by atoms with Crippen LogP contribution in [-0.4, -0.2) is 11.4 Å². The second-order valence-corrected chi connectivity index (χ2v) is 5.87.